The predicted octanol–water partition coefficient (Wildman–Crippen LogP) is 0.742. The summed E-state index contributed by atoms with van der Waals surface area (Å²) in [7, 11) is 0. The van der Waals surface area contributed by atoms with Crippen LogP contribution >= 0.6 is 12.6 Å². The summed E-state index contributed by atoms with van der Waals surface area (Å²) in [5.74, 6) is -1.27. The van der Waals surface area contributed by atoms with E-state index < -0.39 is 12.0 Å². The molecular formula is C6H10FNO2S. The van der Waals surface area contributed by atoms with Gasteiger partial charge in [0.15, 0.2) is 0 Å². The minimum Gasteiger partial charge on any atom is -0.480 e. The van der Waals surface area contributed by atoms with Crippen molar-refractivity contribution in [3.63, 3.8) is 0 Å². The van der Waals surface area contributed by atoms with Gasteiger partial charge in [-0.05, 0) is 0 Å². The summed E-state index contributed by atoms with van der Waals surface area (Å²) in [5.41, 5.74) is 0. The van der Waals surface area contributed by atoms with Gasteiger partial charge in [0.1, 0.15) is 6.04 Å². The molecule has 0 amide bonds. The molecule has 3 nitrogen and oxygen atoms in total. The number of carboxylic acid groups (broad SMARTS) is 1. The number of aliphatic carboxylic acids is 1. The Kier molecular flexibility index (Phi) is 4.89. The Labute approximate surface area is 69.8 Å². The molecule has 11 heavy (non-hydrogen) atoms. The largest absolute Gasteiger partial charge is 0.480 e. The topological polar surface area (TPSA) is 40.5 Å². The number of thiol groups is 1. The van der Waals surface area contributed by atoms with Gasteiger partial charge in [0.05, 0.1) is 0 Å². The number of hydrogen-bond donors (Lipinski definition) is 2. The predicted molar refractivity (Wildman–Crippen MR) is 43.3 cm³/mol. The lowest BCUT2D eigenvalue weighted by molar-refractivity contribution is -0.148. The van der Waals surface area contributed by atoms with Gasteiger partial charge in [-0.2, -0.15) is 12.6 Å². The highest BCUT2D eigenvalue weighted by atomic mass is 32.1. The number of hydrogen-bond acceptors (Lipinski definition) is 3. The molecule has 0 aliphatic carbocycles. The first-order valence-corrected chi connectivity index (χ1v) is 3.63. The molecule has 1 atom stereocenters. The third kappa shape index (κ3) is 3.38. The molecule has 0 aromatic heterocycles. The van der Waals surface area contributed by atoms with E-state index in [1.165, 1.54) is 6.08 Å². The van der Waals surface area contributed by atoms with Crippen molar-refractivity contribution in [3.05, 3.63) is 12.7 Å². The Hall–Kier alpha value is -0.550. The minimum atomic E-state index is -1.22. The van der Waals surface area contributed by atoms with Crippen LogP contribution in [0.15, 0.2) is 12.7 Å². The molecular weight excluding hydrogens is 169 g/mol. The van der Waals surface area contributed by atoms with E-state index >= 15 is 0 Å². The van der Waals surface area contributed by atoms with Crippen LogP contribution in [0.5, 0.6) is 0 Å². The maximum absolute atomic E-state index is 12.7. The van der Waals surface area contributed by atoms with Gasteiger partial charge in [0.2, 0.25) is 0 Å². The van der Waals surface area contributed by atoms with Gasteiger partial charge < -0.3 is 5.11 Å². The summed E-state index contributed by atoms with van der Waals surface area (Å²) in [5, 5.41) is 8.59. The van der Waals surface area contributed by atoms with Gasteiger partial charge in [0.25, 0.3) is 0 Å². The van der Waals surface area contributed by atoms with Crippen molar-refractivity contribution in [3.8, 4) is 0 Å². The standard InChI is InChI=1S/C6H10FNO2S/c1-2-3-8(7)5(4-11)6(9)10/h2,5,11H,1,3-4H2,(H,9,10)/t5-/m0/s1. The lowest BCUT2D eigenvalue weighted by Gasteiger charge is -2.15. The Morgan fingerprint density at radius 3 is 2.73 bits per heavy atom. The van der Waals surface area contributed by atoms with E-state index in [1.54, 1.807) is 0 Å². The molecule has 0 bridgehead atoms. The van der Waals surface area contributed by atoms with Gasteiger partial charge in [-0.3, -0.25) is 4.79 Å². The fraction of sp³-hybridized carbons (Fsp3) is 0.500. The van der Waals surface area contributed by atoms with Gasteiger partial charge in [-0.1, -0.05) is 6.08 Å². The second-order valence-electron chi connectivity index (χ2n) is 1.91. The molecule has 0 heterocycles. The van der Waals surface area contributed by atoms with Gasteiger partial charge in [-0.15, -0.1) is 16.2 Å². The van der Waals surface area contributed by atoms with E-state index in [9.17, 15) is 9.28 Å². The van der Waals surface area contributed by atoms with Gasteiger partial charge >= 0.3 is 5.97 Å². The molecule has 0 radical (unpaired) electrons. The van der Waals surface area contributed by atoms with Gasteiger partial charge in [-0.25, -0.2) is 0 Å². The molecule has 0 rings (SSSR count). The zero-order valence-electron chi connectivity index (χ0n) is 5.90. The summed E-state index contributed by atoms with van der Waals surface area (Å²) >= 11 is 3.69. The normalized spacial score (nSPS) is 13.0. The van der Waals surface area contributed by atoms with Crippen molar-refractivity contribution >= 4 is 18.6 Å². The molecule has 0 aliphatic heterocycles. The average molecular weight is 179 g/mol. The zero-order valence-corrected chi connectivity index (χ0v) is 6.80. The smallest absolute Gasteiger partial charge is 0.324 e. The van der Waals surface area contributed by atoms with Crippen LogP contribution in [0.4, 0.5) is 4.48 Å². The van der Waals surface area contributed by atoms with E-state index in [0.717, 1.165) is 0 Å². The molecule has 0 spiro atoms. The number of carbonyl (C=O) groups is 1. The maximum atomic E-state index is 12.7. The Balaban J connectivity index is 4.01. The Bertz CT molecular complexity index is 154. The molecule has 0 fully saturated rings. The molecule has 0 aromatic carbocycles. The van der Waals surface area contributed by atoms with Crippen molar-refractivity contribution in [1.29, 1.82) is 0 Å². The van der Waals surface area contributed by atoms with Crippen LogP contribution < -0.4 is 0 Å². The fourth-order valence-corrected chi connectivity index (χ4v) is 0.870. The Morgan fingerprint density at radius 1 is 1.91 bits per heavy atom. The van der Waals surface area contributed by atoms with Crippen molar-refractivity contribution in [2.45, 2.75) is 6.04 Å². The van der Waals surface area contributed by atoms with Crippen LogP contribution in [-0.2, 0) is 4.79 Å². The summed E-state index contributed by atoms with van der Waals surface area (Å²) in [6, 6.07) is -1.18. The van der Waals surface area contributed by atoms with E-state index in [0.29, 0.717) is 0 Å². The van der Waals surface area contributed by atoms with Gasteiger partial charge in [0, 0.05) is 12.3 Å². The van der Waals surface area contributed by atoms with E-state index in [1.807, 2.05) is 0 Å². The second-order valence-corrected chi connectivity index (χ2v) is 2.27. The summed E-state index contributed by atoms with van der Waals surface area (Å²) in [6.07, 6.45) is 1.29. The number of halogens is 1. The van der Waals surface area contributed by atoms with Crippen LogP contribution in [-0.4, -0.2) is 34.5 Å². The SMILES string of the molecule is C=CCN(F)[C@@H](CS)C(=O)O. The third-order valence-corrected chi connectivity index (χ3v) is 1.45. The first kappa shape index (κ1) is 10.4. The molecule has 64 valence electrons. The van der Waals surface area contributed by atoms with Crippen LogP contribution in [0.2, 0.25) is 0 Å². The molecule has 0 unspecified atom stereocenters. The Morgan fingerprint density at radius 2 is 2.45 bits per heavy atom. The average Bonchev–Trinajstić information content (AvgIpc) is 1.88. The first-order valence-electron chi connectivity index (χ1n) is 3.00. The van der Waals surface area contributed by atoms with Crippen molar-refractivity contribution in [2.24, 2.45) is 0 Å². The molecule has 0 aromatic rings. The third-order valence-electron chi connectivity index (χ3n) is 1.10. The fourth-order valence-electron chi connectivity index (χ4n) is 0.537. The van der Waals surface area contributed by atoms with Crippen LogP contribution in [0, 0.1) is 0 Å². The van der Waals surface area contributed by atoms with Crippen LogP contribution in [0.1, 0.15) is 0 Å². The molecule has 1 N–H and O–H groups in total. The summed E-state index contributed by atoms with van der Waals surface area (Å²) < 4.78 is 12.7. The monoisotopic (exact) mass is 179 g/mol. The minimum absolute atomic E-state index is 0.0559. The quantitative estimate of drug-likeness (QED) is 0.371. The molecule has 0 aliphatic rings. The number of rotatable bonds is 5. The summed E-state index contributed by atoms with van der Waals surface area (Å²) in [6.45, 7) is 3.18. The highest BCUT2D eigenvalue weighted by Crippen LogP contribution is 2.02. The van der Waals surface area contributed by atoms with Crippen LogP contribution in [0.3, 0.4) is 0 Å². The highest BCUT2D eigenvalue weighted by molar-refractivity contribution is 7.80. The zero-order chi connectivity index (χ0) is 8.85. The lowest BCUT2D eigenvalue weighted by Crippen LogP contribution is -2.37. The molecule has 0 saturated carbocycles. The van der Waals surface area contributed by atoms with Crippen molar-refractivity contribution < 1.29 is 14.4 Å². The van der Waals surface area contributed by atoms with E-state index in [-0.39, 0.29) is 17.4 Å². The number of nitrogens with zero attached hydrogens (tertiary/aromatic N) is 1. The van der Waals surface area contributed by atoms with E-state index in [2.05, 4.69) is 19.2 Å². The first-order chi connectivity index (χ1) is 5.13. The van der Waals surface area contributed by atoms with Crippen molar-refractivity contribution in [2.75, 3.05) is 12.3 Å². The highest BCUT2D eigenvalue weighted by Gasteiger charge is 2.22. The molecule has 0 saturated heterocycles. The number of carboxylic acids is 1. The van der Waals surface area contributed by atoms with Crippen LogP contribution in [0.25, 0.3) is 0 Å². The molecule has 5 heteroatoms. The maximum Gasteiger partial charge on any atom is 0.324 e. The summed E-state index contributed by atoms with van der Waals surface area (Å²) in [4.78, 5) is 10.3. The van der Waals surface area contributed by atoms with E-state index in [4.69, 9.17) is 5.11 Å². The van der Waals surface area contributed by atoms with Crippen molar-refractivity contribution in [1.82, 2.24) is 5.12 Å². The second kappa shape index (κ2) is 5.15. The lowest BCUT2D eigenvalue weighted by atomic mass is 10.3.